The number of hydrogen-bond acceptors (Lipinski definition) is 5. The van der Waals surface area contributed by atoms with Crippen molar-refractivity contribution in [3.63, 3.8) is 0 Å². The van der Waals surface area contributed by atoms with Gasteiger partial charge in [0, 0.05) is 25.3 Å². The Hall–Kier alpha value is -1.60. The zero-order chi connectivity index (χ0) is 21.3. The van der Waals surface area contributed by atoms with E-state index in [0.717, 1.165) is 58.0 Å². The number of ether oxygens (including phenoxy) is 2. The standard InChI is InChI=1S/C23H33NO5S/c1-16-15-22(16)23(25)24-13-11-20(12-14-24)29-18-5-3-17(4-6-18)28-19-7-9-21(10-8-19)30(2,26)27/h7-10,16-18,20,22H,3-6,11-15H2,1-2H3. The number of carbonyl (C=O) groups is 1. The van der Waals surface area contributed by atoms with Crippen molar-refractivity contribution in [2.24, 2.45) is 11.8 Å². The molecule has 1 aromatic carbocycles. The van der Waals surface area contributed by atoms with Crippen LogP contribution in [-0.4, -0.2) is 56.9 Å². The second-order valence-corrected chi connectivity index (χ2v) is 11.3. The van der Waals surface area contributed by atoms with Crippen LogP contribution in [0.1, 0.15) is 51.9 Å². The van der Waals surface area contributed by atoms with Crippen molar-refractivity contribution >= 4 is 15.7 Å². The van der Waals surface area contributed by atoms with Crippen molar-refractivity contribution in [1.29, 1.82) is 0 Å². The Balaban J connectivity index is 1.17. The third kappa shape index (κ3) is 5.35. The van der Waals surface area contributed by atoms with Gasteiger partial charge < -0.3 is 14.4 Å². The largest absolute Gasteiger partial charge is 0.490 e. The topological polar surface area (TPSA) is 72.9 Å². The van der Waals surface area contributed by atoms with Crippen molar-refractivity contribution in [2.45, 2.75) is 75.1 Å². The Bertz CT molecular complexity index is 837. The van der Waals surface area contributed by atoms with Gasteiger partial charge in [0.2, 0.25) is 5.91 Å². The molecule has 0 bridgehead atoms. The van der Waals surface area contributed by atoms with Crippen LogP contribution >= 0.6 is 0 Å². The fourth-order valence-electron chi connectivity index (χ4n) is 4.63. The summed E-state index contributed by atoms with van der Waals surface area (Å²) >= 11 is 0. The maximum absolute atomic E-state index is 12.4. The Morgan fingerprint density at radius 1 is 0.933 bits per heavy atom. The third-order valence-corrected chi connectivity index (χ3v) is 7.87. The zero-order valence-electron chi connectivity index (χ0n) is 18.0. The first-order valence-corrected chi connectivity index (χ1v) is 13.1. The highest BCUT2D eigenvalue weighted by atomic mass is 32.2. The third-order valence-electron chi connectivity index (χ3n) is 6.74. The predicted molar refractivity (Wildman–Crippen MR) is 114 cm³/mol. The lowest BCUT2D eigenvalue weighted by Gasteiger charge is -2.36. The van der Waals surface area contributed by atoms with Gasteiger partial charge in [-0.25, -0.2) is 8.42 Å². The van der Waals surface area contributed by atoms with Crippen LogP contribution < -0.4 is 4.74 Å². The van der Waals surface area contributed by atoms with Gasteiger partial charge in [-0.05, 0) is 75.1 Å². The van der Waals surface area contributed by atoms with E-state index < -0.39 is 9.84 Å². The summed E-state index contributed by atoms with van der Waals surface area (Å²) in [4.78, 5) is 14.7. The maximum atomic E-state index is 12.4. The SMILES string of the molecule is CC1CC1C(=O)N1CCC(OC2CCC(Oc3ccc(S(C)(=O)=O)cc3)CC2)CC1. The average Bonchev–Trinajstić information content (AvgIpc) is 3.46. The summed E-state index contributed by atoms with van der Waals surface area (Å²) in [5, 5.41) is 0. The molecule has 0 N–H and O–H groups in total. The van der Waals surface area contributed by atoms with E-state index in [1.165, 1.54) is 6.26 Å². The summed E-state index contributed by atoms with van der Waals surface area (Å²) in [5.74, 6) is 1.92. The molecule has 0 spiro atoms. The highest BCUT2D eigenvalue weighted by molar-refractivity contribution is 7.90. The van der Waals surface area contributed by atoms with Gasteiger partial charge in [0.05, 0.1) is 23.2 Å². The number of rotatable bonds is 6. The Labute approximate surface area is 179 Å². The van der Waals surface area contributed by atoms with Crippen molar-refractivity contribution in [3.8, 4) is 5.75 Å². The van der Waals surface area contributed by atoms with E-state index in [-0.39, 0.29) is 24.2 Å². The average molecular weight is 436 g/mol. The normalized spacial score (nSPS) is 30.1. The van der Waals surface area contributed by atoms with Crippen molar-refractivity contribution in [3.05, 3.63) is 24.3 Å². The summed E-state index contributed by atoms with van der Waals surface area (Å²) < 4.78 is 35.5. The monoisotopic (exact) mass is 435 g/mol. The van der Waals surface area contributed by atoms with E-state index >= 15 is 0 Å². The summed E-state index contributed by atoms with van der Waals surface area (Å²) in [6, 6.07) is 6.66. The minimum absolute atomic E-state index is 0.147. The van der Waals surface area contributed by atoms with Crippen molar-refractivity contribution < 1.29 is 22.7 Å². The van der Waals surface area contributed by atoms with Crippen LogP contribution in [0.15, 0.2) is 29.2 Å². The van der Waals surface area contributed by atoms with Crippen LogP contribution in [0.5, 0.6) is 5.75 Å². The summed E-state index contributed by atoms with van der Waals surface area (Å²) in [6.45, 7) is 3.81. The van der Waals surface area contributed by atoms with Gasteiger partial charge in [0.15, 0.2) is 9.84 Å². The molecule has 7 heteroatoms. The van der Waals surface area contributed by atoms with Crippen LogP contribution in [0.4, 0.5) is 0 Å². The summed E-state index contributed by atoms with van der Waals surface area (Å²) in [7, 11) is -3.18. The van der Waals surface area contributed by atoms with Crippen LogP contribution in [0.3, 0.4) is 0 Å². The molecule has 2 aliphatic carbocycles. The fourth-order valence-corrected chi connectivity index (χ4v) is 5.26. The molecule has 1 heterocycles. The number of hydrogen-bond donors (Lipinski definition) is 0. The molecular weight excluding hydrogens is 402 g/mol. The first-order chi connectivity index (χ1) is 14.3. The van der Waals surface area contributed by atoms with E-state index in [1.54, 1.807) is 24.3 Å². The Morgan fingerprint density at radius 2 is 1.47 bits per heavy atom. The lowest BCUT2D eigenvalue weighted by Crippen LogP contribution is -2.43. The van der Waals surface area contributed by atoms with Crippen LogP contribution in [0, 0.1) is 11.8 Å². The summed E-state index contributed by atoms with van der Waals surface area (Å²) in [5.41, 5.74) is 0. The van der Waals surface area contributed by atoms with E-state index in [1.807, 2.05) is 4.90 Å². The smallest absolute Gasteiger partial charge is 0.225 e. The number of benzene rings is 1. The van der Waals surface area contributed by atoms with E-state index in [0.29, 0.717) is 22.5 Å². The maximum Gasteiger partial charge on any atom is 0.225 e. The van der Waals surface area contributed by atoms with Gasteiger partial charge in [0.1, 0.15) is 5.75 Å². The Kier molecular flexibility index (Phi) is 6.39. The molecule has 1 amide bonds. The van der Waals surface area contributed by atoms with Crippen molar-refractivity contribution in [1.82, 2.24) is 4.90 Å². The first kappa shape index (κ1) is 21.6. The molecule has 2 atom stereocenters. The number of nitrogens with zero attached hydrogens (tertiary/aromatic N) is 1. The second kappa shape index (κ2) is 8.87. The molecule has 166 valence electrons. The van der Waals surface area contributed by atoms with Crippen molar-refractivity contribution in [2.75, 3.05) is 19.3 Å². The van der Waals surface area contributed by atoms with Gasteiger partial charge >= 0.3 is 0 Å². The molecule has 1 aromatic rings. The number of piperidine rings is 1. The first-order valence-electron chi connectivity index (χ1n) is 11.2. The molecule has 3 aliphatic rings. The molecule has 2 unspecified atom stereocenters. The number of likely N-dealkylation sites (tertiary alicyclic amines) is 1. The second-order valence-electron chi connectivity index (χ2n) is 9.24. The predicted octanol–water partition coefficient (Wildman–Crippen LogP) is 3.44. The van der Waals surface area contributed by atoms with E-state index in [9.17, 15) is 13.2 Å². The minimum atomic E-state index is -3.18. The molecule has 2 saturated carbocycles. The minimum Gasteiger partial charge on any atom is -0.490 e. The van der Waals surface area contributed by atoms with E-state index in [4.69, 9.17) is 9.47 Å². The molecule has 1 aliphatic heterocycles. The zero-order valence-corrected chi connectivity index (χ0v) is 18.8. The van der Waals surface area contributed by atoms with Gasteiger partial charge in [-0.1, -0.05) is 6.92 Å². The molecular formula is C23H33NO5S. The highest BCUT2D eigenvalue weighted by Crippen LogP contribution is 2.39. The summed E-state index contributed by atoms with van der Waals surface area (Å²) in [6.07, 6.45) is 8.66. The van der Waals surface area contributed by atoms with Crippen LogP contribution in [-0.2, 0) is 19.4 Å². The van der Waals surface area contributed by atoms with Crippen LogP contribution in [0.25, 0.3) is 0 Å². The van der Waals surface area contributed by atoms with Crippen LogP contribution in [0.2, 0.25) is 0 Å². The molecule has 6 nitrogen and oxygen atoms in total. The van der Waals surface area contributed by atoms with Gasteiger partial charge in [-0.15, -0.1) is 0 Å². The molecule has 4 rings (SSSR count). The quantitative estimate of drug-likeness (QED) is 0.684. The molecule has 0 radical (unpaired) electrons. The fraction of sp³-hybridized carbons (Fsp3) is 0.696. The Morgan fingerprint density at radius 3 is 2.00 bits per heavy atom. The molecule has 1 saturated heterocycles. The lowest BCUT2D eigenvalue weighted by molar-refractivity contribution is -0.136. The lowest BCUT2D eigenvalue weighted by atomic mass is 9.94. The number of amides is 1. The number of carbonyl (C=O) groups excluding carboxylic acids is 1. The molecule has 3 fully saturated rings. The molecule has 30 heavy (non-hydrogen) atoms. The molecule has 0 aromatic heterocycles. The highest BCUT2D eigenvalue weighted by Gasteiger charge is 2.42. The number of sulfone groups is 1. The van der Waals surface area contributed by atoms with Gasteiger partial charge in [-0.3, -0.25) is 4.79 Å². The van der Waals surface area contributed by atoms with Gasteiger partial charge in [-0.2, -0.15) is 0 Å². The van der Waals surface area contributed by atoms with E-state index in [2.05, 4.69) is 6.92 Å². The van der Waals surface area contributed by atoms with Gasteiger partial charge in [0.25, 0.3) is 0 Å².